The lowest BCUT2D eigenvalue weighted by atomic mass is 9.66. The van der Waals surface area contributed by atoms with Crippen LogP contribution < -0.4 is 5.73 Å². The third-order valence-corrected chi connectivity index (χ3v) is 5.19. The summed E-state index contributed by atoms with van der Waals surface area (Å²) < 4.78 is 0. The molecule has 2 N–H and O–H groups in total. The maximum absolute atomic E-state index is 6.77. The van der Waals surface area contributed by atoms with E-state index in [1.807, 2.05) is 0 Å². The van der Waals surface area contributed by atoms with E-state index in [1.54, 1.807) is 0 Å². The second kappa shape index (κ2) is 6.09. The molecule has 0 spiro atoms. The molecule has 1 aromatic carbocycles. The molecular formula is C18H29N. The van der Waals surface area contributed by atoms with E-state index >= 15 is 0 Å². The Morgan fingerprint density at radius 2 is 1.74 bits per heavy atom. The molecule has 1 aromatic rings. The Morgan fingerprint density at radius 3 is 2.32 bits per heavy atom. The van der Waals surface area contributed by atoms with Crippen LogP contribution in [0.4, 0.5) is 0 Å². The van der Waals surface area contributed by atoms with Gasteiger partial charge in [-0.3, -0.25) is 0 Å². The van der Waals surface area contributed by atoms with Gasteiger partial charge in [-0.25, -0.2) is 0 Å². The number of hydrogen-bond acceptors (Lipinski definition) is 1. The fraction of sp³-hybridized carbons (Fsp3) is 0.667. The van der Waals surface area contributed by atoms with Gasteiger partial charge in [0, 0.05) is 5.54 Å². The van der Waals surface area contributed by atoms with Crippen molar-refractivity contribution in [1.82, 2.24) is 0 Å². The molecule has 0 amide bonds. The molecule has 3 unspecified atom stereocenters. The van der Waals surface area contributed by atoms with E-state index in [0.717, 1.165) is 12.3 Å². The molecule has 19 heavy (non-hydrogen) atoms. The van der Waals surface area contributed by atoms with Crippen molar-refractivity contribution < 1.29 is 0 Å². The molecule has 0 aromatic heterocycles. The molecular weight excluding hydrogens is 230 g/mol. The summed E-state index contributed by atoms with van der Waals surface area (Å²) in [6.07, 6.45) is 7.76. The standard InChI is InChI=1S/C18H29N/c1-4-14-10-12-16(13-11-14)18(3,19)17-9-7-6-8-15(17)5-2/h10-13,15,17H,4-9,19H2,1-3H3. The smallest absolute Gasteiger partial charge is 0.0412 e. The van der Waals surface area contributed by atoms with Crippen LogP contribution in [0.5, 0.6) is 0 Å². The summed E-state index contributed by atoms with van der Waals surface area (Å²) in [6.45, 7) is 6.76. The van der Waals surface area contributed by atoms with Crippen LogP contribution in [-0.4, -0.2) is 0 Å². The highest BCUT2D eigenvalue weighted by Crippen LogP contribution is 2.42. The van der Waals surface area contributed by atoms with Gasteiger partial charge >= 0.3 is 0 Å². The summed E-state index contributed by atoms with van der Waals surface area (Å²) in [6, 6.07) is 8.98. The average Bonchev–Trinajstić information content (AvgIpc) is 2.47. The Bertz CT molecular complexity index is 391. The summed E-state index contributed by atoms with van der Waals surface area (Å²) in [5, 5.41) is 0. The Kier molecular flexibility index (Phi) is 4.67. The lowest BCUT2D eigenvalue weighted by Gasteiger charge is -2.42. The second-order valence-electron chi connectivity index (χ2n) is 6.39. The third kappa shape index (κ3) is 3.02. The average molecular weight is 259 g/mol. The molecule has 1 nitrogen and oxygen atoms in total. The van der Waals surface area contributed by atoms with Crippen molar-refractivity contribution in [2.75, 3.05) is 0 Å². The van der Waals surface area contributed by atoms with Gasteiger partial charge in [-0.2, -0.15) is 0 Å². The van der Waals surface area contributed by atoms with E-state index < -0.39 is 0 Å². The summed E-state index contributed by atoms with van der Waals surface area (Å²) >= 11 is 0. The fourth-order valence-electron chi connectivity index (χ4n) is 3.80. The van der Waals surface area contributed by atoms with Crippen molar-refractivity contribution in [3.63, 3.8) is 0 Å². The van der Waals surface area contributed by atoms with Crippen molar-refractivity contribution in [1.29, 1.82) is 0 Å². The molecule has 3 atom stereocenters. The van der Waals surface area contributed by atoms with Gasteiger partial charge in [0.2, 0.25) is 0 Å². The maximum Gasteiger partial charge on any atom is 0.0412 e. The lowest BCUT2D eigenvalue weighted by Crippen LogP contribution is -2.45. The van der Waals surface area contributed by atoms with Crippen LogP contribution >= 0.6 is 0 Å². The minimum atomic E-state index is -0.173. The van der Waals surface area contributed by atoms with Crippen molar-refractivity contribution >= 4 is 0 Å². The normalized spacial score (nSPS) is 26.9. The highest BCUT2D eigenvalue weighted by atomic mass is 14.8. The highest BCUT2D eigenvalue weighted by Gasteiger charge is 2.37. The van der Waals surface area contributed by atoms with Gasteiger partial charge in [0.15, 0.2) is 0 Å². The van der Waals surface area contributed by atoms with E-state index in [2.05, 4.69) is 45.0 Å². The molecule has 0 aliphatic heterocycles. The molecule has 1 fully saturated rings. The van der Waals surface area contributed by atoms with E-state index in [1.165, 1.54) is 43.2 Å². The van der Waals surface area contributed by atoms with Crippen LogP contribution in [0.2, 0.25) is 0 Å². The minimum absolute atomic E-state index is 0.173. The molecule has 2 rings (SSSR count). The number of aryl methyl sites for hydroxylation is 1. The zero-order valence-electron chi connectivity index (χ0n) is 12.8. The van der Waals surface area contributed by atoms with Gasteiger partial charge in [0.05, 0.1) is 0 Å². The van der Waals surface area contributed by atoms with E-state index in [0.29, 0.717) is 5.92 Å². The number of rotatable bonds is 4. The molecule has 1 heteroatoms. The SMILES string of the molecule is CCc1ccc(C(C)(N)C2CCCCC2CC)cc1. The summed E-state index contributed by atoms with van der Waals surface area (Å²) in [4.78, 5) is 0. The van der Waals surface area contributed by atoms with E-state index in [-0.39, 0.29) is 5.54 Å². The first kappa shape index (κ1) is 14.6. The first-order valence-electron chi connectivity index (χ1n) is 7.97. The minimum Gasteiger partial charge on any atom is -0.321 e. The molecule has 0 bridgehead atoms. The molecule has 0 saturated heterocycles. The predicted molar refractivity (Wildman–Crippen MR) is 83.1 cm³/mol. The summed E-state index contributed by atoms with van der Waals surface area (Å²) in [7, 11) is 0. The molecule has 1 aliphatic carbocycles. The van der Waals surface area contributed by atoms with Crippen molar-refractivity contribution in [3.8, 4) is 0 Å². The Morgan fingerprint density at radius 1 is 1.11 bits per heavy atom. The van der Waals surface area contributed by atoms with Crippen LogP contribution in [0.25, 0.3) is 0 Å². The summed E-state index contributed by atoms with van der Waals surface area (Å²) in [5.74, 6) is 1.44. The third-order valence-electron chi connectivity index (χ3n) is 5.19. The van der Waals surface area contributed by atoms with Gasteiger partial charge in [-0.1, -0.05) is 63.8 Å². The Labute approximate surface area is 118 Å². The van der Waals surface area contributed by atoms with Gasteiger partial charge in [-0.15, -0.1) is 0 Å². The molecule has 0 radical (unpaired) electrons. The van der Waals surface area contributed by atoms with Crippen molar-refractivity contribution in [3.05, 3.63) is 35.4 Å². The number of benzene rings is 1. The van der Waals surface area contributed by atoms with Crippen LogP contribution in [0.3, 0.4) is 0 Å². The van der Waals surface area contributed by atoms with E-state index in [9.17, 15) is 0 Å². The molecule has 0 heterocycles. The van der Waals surface area contributed by atoms with Gasteiger partial charge in [0.25, 0.3) is 0 Å². The molecule has 1 aliphatic rings. The largest absolute Gasteiger partial charge is 0.321 e. The number of hydrogen-bond donors (Lipinski definition) is 1. The van der Waals surface area contributed by atoms with Crippen molar-refractivity contribution in [2.45, 2.75) is 64.8 Å². The molecule has 1 saturated carbocycles. The number of nitrogens with two attached hydrogens (primary N) is 1. The zero-order valence-corrected chi connectivity index (χ0v) is 12.8. The highest BCUT2D eigenvalue weighted by molar-refractivity contribution is 5.29. The molecule has 106 valence electrons. The maximum atomic E-state index is 6.77. The van der Waals surface area contributed by atoms with Crippen LogP contribution in [-0.2, 0) is 12.0 Å². The lowest BCUT2D eigenvalue weighted by molar-refractivity contribution is 0.138. The second-order valence-corrected chi connectivity index (χ2v) is 6.39. The van der Waals surface area contributed by atoms with Crippen LogP contribution in [0.1, 0.15) is 64.0 Å². The zero-order chi connectivity index (χ0) is 13.9. The first-order chi connectivity index (χ1) is 9.09. The van der Waals surface area contributed by atoms with E-state index in [4.69, 9.17) is 5.73 Å². The quantitative estimate of drug-likeness (QED) is 0.837. The summed E-state index contributed by atoms with van der Waals surface area (Å²) in [5.41, 5.74) is 9.31. The van der Waals surface area contributed by atoms with Gasteiger partial charge < -0.3 is 5.73 Å². The topological polar surface area (TPSA) is 26.0 Å². The van der Waals surface area contributed by atoms with Gasteiger partial charge in [0.1, 0.15) is 0 Å². The Hall–Kier alpha value is -0.820. The monoisotopic (exact) mass is 259 g/mol. The van der Waals surface area contributed by atoms with Crippen molar-refractivity contribution in [2.24, 2.45) is 17.6 Å². The Balaban J connectivity index is 2.23. The first-order valence-corrected chi connectivity index (χ1v) is 7.97. The van der Waals surface area contributed by atoms with Crippen LogP contribution in [0, 0.1) is 11.8 Å². The van der Waals surface area contributed by atoms with Gasteiger partial charge in [-0.05, 0) is 42.7 Å². The predicted octanol–water partition coefficient (Wildman–Crippen LogP) is 4.64. The fourth-order valence-corrected chi connectivity index (χ4v) is 3.80. The van der Waals surface area contributed by atoms with Crippen LogP contribution in [0.15, 0.2) is 24.3 Å².